The minimum absolute atomic E-state index is 0.106. The molecular formula is C25H18Cl3N3O3. The topological polar surface area (TPSA) is 78.5 Å². The molecule has 6 nitrogen and oxygen atoms in total. The highest BCUT2D eigenvalue weighted by Crippen LogP contribution is 2.33. The molecule has 1 heterocycles. The van der Waals surface area contributed by atoms with Crippen LogP contribution in [0.15, 0.2) is 77.5 Å². The predicted octanol–water partition coefficient (Wildman–Crippen LogP) is 6.24. The van der Waals surface area contributed by atoms with E-state index in [1.54, 1.807) is 24.3 Å². The largest absolute Gasteiger partial charge is 0.350 e. The maximum Gasteiger partial charge on any atom is 0.283 e. The lowest BCUT2D eigenvalue weighted by atomic mass is 10.1. The second-order valence-electron chi connectivity index (χ2n) is 7.44. The first-order valence-electron chi connectivity index (χ1n) is 10.3. The third kappa shape index (κ3) is 4.80. The minimum atomic E-state index is -0.697. The van der Waals surface area contributed by atoms with Gasteiger partial charge in [-0.15, -0.1) is 0 Å². The molecule has 0 bridgehead atoms. The smallest absolute Gasteiger partial charge is 0.283 e. The van der Waals surface area contributed by atoms with Crippen LogP contribution >= 0.6 is 34.8 Å². The molecule has 3 aromatic carbocycles. The Kier molecular flexibility index (Phi) is 6.93. The zero-order valence-corrected chi connectivity index (χ0v) is 20.1. The molecule has 34 heavy (non-hydrogen) atoms. The summed E-state index contributed by atoms with van der Waals surface area (Å²) < 4.78 is 0. The molecule has 1 aliphatic heterocycles. The molecule has 9 heteroatoms. The first-order chi connectivity index (χ1) is 16.3. The highest BCUT2D eigenvalue weighted by molar-refractivity contribution is 6.53. The Morgan fingerprint density at radius 1 is 0.853 bits per heavy atom. The Balaban J connectivity index is 1.52. The van der Waals surface area contributed by atoms with E-state index in [4.69, 9.17) is 34.8 Å². The summed E-state index contributed by atoms with van der Waals surface area (Å²) in [5.41, 5.74) is 2.74. The van der Waals surface area contributed by atoms with Gasteiger partial charge in [-0.2, -0.15) is 0 Å². The Morgan fingerprint density at radius 3 is 2.26 bits per heavy atom. The van der Waals surface area contributed by atoms with Crippen LogP contribution in [0.2, 0.25) is 10.0 Å². The molecule has 0 aliphatic carbocycles. The lowest BCUT2D eigenvalue weighted by Crippen LogP contribution is -2.32. The summed E-state index contributed by atoms with van der Waals surface area (Å²) in [5.74, 6) is -1.67. The maximum absolute atomic E-state index is 13.0. The molecule has 4 rings (SSSR count). The molecule has 0 unspecified atom stereocenters. The molecule has 0 atom stereocenters. The zero-order valence-electron chi connectivity index (χ0n) is 17.9. The molecule has 0 saturated carbocycles. The van der Waals surface area contributed by atoms with Gasteiger partial charge in [0.2, 0.25) is 0 Å². The number of benzene rings is 3. The number of hydrogen-bond donors (Lipinski definition) is 2. The number of nitrogens with one attached hydrogen (secondary N) is 2. The predicted molar refractivity (Wildman–Crippen MR) is 136 cm³/mol. The number of nitrogens with zero attached hydrogens (tertiary/aromatic N) is 1. The summed E-state index contributed by atoms with van der Waals surface area (Å²) in [6.45, 7) is 2.06. The van der Waals surface area contributed by atoms with Gasteiger partial charge in [0.05, 0.1) is 15.7 Å². The minimum Gasteiger partial charge on any atom is -0.350 e. The number of carbonyl (C=O) groups is 3. The molecule has 2 N–H and O–H groups in total. The average Bonchev–Trinajstić information content (AvgIpc) is 3.04. The van der Waals surface area contributed by atoms with E-state index in [0.717, 1.165) is 11.3 Å². The van der Waals surface area contributed by atoms with E-state index < -0.39 is 11.8 Å². The van der Waals surface area contributed by atoms with Crippen LogP contribution in [-0.4, -0.2) is 17.7 Å². The van der Waals surface area contributed by atoms with Crippen LogP contribution in [0.4, 0.5) is 17.1 Å². The van der Waals surface area contributed by atoms with Crippen molar-refractivity contribution in [3.05, 3.63) is 98.6 Å². The van der Waals surface area contributed by atoms with Crippen molar-refractivity contribution in [2.45, 2.75) is 13.3 Å². The van der Waals surface area contributed by atoms with Gasteiger partial charge in [-0.25, -0.2) is 4.90 Å². The number of imide groups is 1. The van der Waals surface area contributed by atoms with E-state index in [0.29, 0.717) is 22.0 Å². The van der Waals surface area contributed by atoms with Crippen LogP contribution in [0.1, 0.15) is 22.8 Å². The zero-order chi connectivity index (χ0) is 24.4. The molecule has 0 fully saturated rings. The fourth-order valence-corrected chi connectivity index (χ4v) is 3.88. The van der Waals surface area contributed by atoms with Gasteiger partial charge in [0.25, 0.3) is 17.7 Å². The monoisotopic (exact) mass is 513 g/mol. The molecule has 0 radical (unpaired) electrons. The number of hydrogen-bond acceptors (Lipinski definition) is 4. The summed E-state index contributed by atoms with van der Waals surface area (Å²) >= 11 is 18.1. The number of aryl methyl sites for hydroxylation is 1. The van der Waals surface area contributed by atoms with Crippen LogP contribution in [0, 0.1) is 0 Å². The van der Waals surface area contributed by atoms with Crippen molar-refractivity contribution in [3.63, 3.8) is 0 Å². The number of anilines is 3. The van der Waals surface area contributed by atoms with Gasteiger partial charge in [-0.1, -0.05) is 59.9 Å². The van der Waals surface area contributed by atoms with Crippen LogP contribution in [-0.2, 0) is 16.0 Å². The van der Waals surface area contributed by atoms with Gasteiger partial charge in [-0.3, -0.25) is 14.4 Å². The van der Waals surface area contributed by atoms with Crippen LogP contribution in [0.25, 0.3) is 0 Å². The number of amides is 3. The van der Waals surface area contributed by atoms with Gasteiger partial charge in [0.1, 0.15) is 10.7 Å². The molecule has 1 aliphatic rings. The molecule has 172 valence electrons. The molecule has 0 saturated heterocycles. The van der Waals surface area contributed by atoms with E-state index in [1.807, 2.05) is 24.3 Å². The number of carbonyl (C=O) groups excluding carboxylic acids is 3. The Bertz CT molecular complexity index is 1340. The first kappa shape index (κ1) is 23.8. The fraction of sp³-hybridized carbons (Fsp3) is 0.0800. The van der Waals surface area contributed by atoms with Crippen LogP contribution in [0.5, 0.6) is 0 Å². The van der Waals surface area contributed by atoms with Crippen molar-refractivity contribution in [1.82, 2.24) is 0 Å². The summed E-state index contributed by atoms with van der Waals surface area (Å²) in [4.78, 5) is 39.3. The van der Waals surface area contributed by atoms with Gasteiger partial charge >= 0.3 is 0 Å². The van der Waals surface area contributed by atoms with Crippen LogP contribution in [0.3, 0.4) is 0 Å². The van der Waals surface area contributed by atoms with Crippen molar-refractivity contribution in [2.24, 2.45) is 0 Å². The Labute approximate surface area is 211 Å². The van der Waals surface area contributed by atoms with E-state index >= 15 is 0 Å². The van der Waals surface area contributed by atoms with Gasteiger partial charge in [-0.05, 0) is 60.5 Å². The second-order valence-corrected chi connectivity index (χ2v) is 8.64. The van der Waals surface area contributed by atoms with Crippen LogP contribution < -0.4 is 15.5 Å². The van der Waals surface area contributed by atoms with E-state index in [2.05, 4.69) is 17.6 Å². The van der Waals surface area contributed by atoms with Crippen molar-refractivity contribution < 1.29 is 14.4 Å². The molecule has 0 aromatic heterocycles. The second kappa shape index (κ2) is 9.89. The van der Waals surface area contributed by atoms with Crippen molar-refractivity contribution in [2.75, 3.05) is 15.5 Å². The number of rotatable bonds is 6. The standard InChI is InChI=1S/C25H18Cl3N3O3/c1-2-14-6-8-16(9-7-14)30-23(32)15-4-3-5-17(12-15)29-22-21(28)24(33)31(25(22)34)18-10-11-19(26)20(27)13-18/h3-13,29H,2H2,1H3,(H,30,32). The first-order valence-corrected chi connectivity index (χ1v) is 11.4. The highest BCUT2D eigenvalue weighted by atomic mass is 35.5. The molecule has 3 amide bonds. The van der Waals surface area contributed by atoms with Gasteiger partial charge in [0.15, 0.2) is 0 Å². The number of halogens is 3. The fourth-order valence-electron chi connectivity index (χ4n) is 3.38. The van der Waals surface area contributed by atoms with Gasteiger partial charge in [0, 0.05) is 16.9 Å². The van der Waals surface area contributed by atoms with Gasteiger partial charge < -0.3 is 10.6 Å². The third-order valence-corrected chi connectivity index (χ3v) is 6.29. The summed E-state index contributed by atoms with van der Waals surface area (Å²) in [6, 6.07) is 18.5. The van der Waals surface area contributed by atoms with Crippen molar-refractivity contribution >= 4 is 69.6 Å². The van der Waals surface area contributed by atoms with E-state index in [9.17, 15) is 14.4 Å². The quantitative estimate of drug-likeness (QED) is 0.382. The highest BCUT2D eigenvalue weighted by Gasteiger charge is 2.39. The summed E-state index contributed by atoms with van der Waals surface area (Å²) in [7, 11) is 0. The maximum atomic E-state index is 13.0. The van der Waals surface area contributed by atoms with E-state index in [-0.39, 0.29) is 27.3 Å². The molecular weight excluding hydrogens is 497 g/mol. The Morgan fingerprint density at radius 2 is 1.59 bits per heavy atom. The van der Waals surface area contributed by atoms with Crippen molar-refractivity contribution in [3.8, 4) is 0 Å². The summed E-state index contributed by atoms with van der Waals surface area (Å²) in [6.07, 6.45) is 0.907. The normalized spacial score (nSPS) is 13.5. The SMILES string of the molecule is CCc1ccc(NC(=O)c2cccc(NC3=C(Cl)C(=O)N(c4ccc(Cl)c(Cl)c4)C3=O)c2)cc1. The summed E-state index contributed by atoms with van der Waals surface area (Å²) in [5, 5.41) is 5.91. The lowest BCUT2D eigenvalue weighted by Gasteiger charge is -2.16. The lowest BCUT2D eigenvalue weighted by molar-refractivity contribution is -0.120. The Hall–Kier alpha value is -3.32. The molecule has 3 aromatic rings. The van der Waals surface area contributed by atoms with E-state index in [1.165, 1.54) is 23.8 Å². The average molecular weight is 515 g/mol. The third-order valence-electron chi connectivity index (χ3n) is 5.20. The van der Waals surface area contributed by atoms with Crippen molar-refractivity contribution in [1.29, 1.82) is 0 Å². The molecule has 0 spiro atoms.